The van der Waals surface area contributed by atoms with Gasteiger partial charge in [-0.15, -0.1) is 0 Å². The number of hydrogen-bond donors (Lipinski definition) is 0. The van der Waals surface area contributed by atoms with Gasteiger partial charge >= 0.3 is 6.18 Å². The first kappa shape index (κ1) is 11.3. The zero-order valence-corrected chi connectivity index (χ0v) is 8.99. The molecule has 2 aromatic rings. The van der Waals surface area contributed by atoms with E-state index in [1.54, 1.807) is 6.92 Å². The van der Waals surface area contributed by atoms with Crippen molar-refractivity contribution in [3.05, 3.63) is 28.6 Å². The van der Waals surface area contributed by atoms with Crippen molar-refractivity contribution < 1.29 is 17.6 Å². The average molecular weight is 250 g/mol. The maximum atomic E-state index is 12.7. The number of benzene rings is 1. The Balaban J connectivity index is 2.76. The molecule has 0 aliphatic carbocycles. The molecule has 16 heavy (non-hydrogen) atoms. The van der Waals surface area contributed by atoms with Crippen LogP contribution in [0.5, 0.6) is 0 Å². The molecule has 2 rings (SSSR count). The van der Waals surface area contributed by atoms with Crippen molar-refractivity contribution in [3.63, 3.8) is 0 Å². The second-order valence-electron chi connectivity index (χ2n) is 3.26. The van der Waals surface area contributed by atoms with Crippen LogP contribution in [0, 0.1) is 0 Å². The van der Waals surface area contributed by atoms with Gasteiger partial charge in [0.1, 0.15) is 11.1 Å². The molecular weight excluding hydrogens is 243 g/mol. The normalized spacial score (nSPS) is 12.3. The predicted octanol–water partition coefficient (Wildman–Crippen LogP) is 4.06. The highest BCUT2D eigenvalue weighted by Gasteiger charge is 2.35. The Morgan fingerprint density at radius 1 is 1.38 bits per heavy atom. The second-order valence-corrected chi connectivity index (χ2v) is 3.70. The number of alkyl halides is 3. The summed E-state index contributed by atoms with van der Waals surface area (Å²) in [6, 6.07) is 2.20. The lowest BCUT2D eigenvalue weighted by Crippen LogP contribution is -2.05. The lowest BCUT2D eigenvalue weighted by molar-refractivity contribution is -0.136. The van der Waals surface area contributed by atoms with Gasteiger partial charge in [-0.3, -0.25) is 0 Å². The fourth-order valence-corrected chi connectivity index (χ4v) is 1.62. The van der Waals surface area contributed by atoms with E-state index in [1.807, 2.05) is 0 Å². The summed E-state index contributed by atoms with van der Waals surface area (Å²) in [4.78, 5) is 3.92. The monoisotopic (exact) mass is 249 g/mol. The van der Waals surface area contributed by atoms with Gasteiger partial charge in [-0.1, -0.05) is 18.5 Å². The topological polar surface area (TPSA) is 26.0 Å². The molecule has 2 nitrogen and oxygen atoms in total. The van der Waals surface area contributed by atoms with Crippen LogP contribution in [-0.4, -0.2) is 4.98 Å². The fourth-order valence-electron chi connectivity index (χ4n) is 1.41. The van der Waals surface area contributed by atoms with E-state index in [0.29, 0.717) is 6.42 Å². The number of fused-ring (bicyclic) bond motifs is 1. The van der Waals surface area contributed by atoms with E-state index in [4.69, 9.17) is 16.0 Å². The molecular formula is C10H7ClF3NO. The highest BCUT2D eigenvalue weighted by atomic mass is 35.5. The summed E-state index contributed by atoms with van der Waals surface area (Å²) in [6.07, 6.45) is -4.06. The number of nitrogens with zero attached hydrogens (tertiary/aromatic N) is 1. The van der Waals surface area contributed by atoms with Crippen LogP contribution in [0.1, 0.15) is 18.4 Å². The van der Waals surface area contributed by atoms with E-state index in [0.717, 1.165) is 6.07 Å². The summed E-state index contributed by atoms with van der Waals surface area (Å²) in [5.41, 5.74) is -1.01. The zero-order chi connectivity index (χ0) is 11.9. The third-order valence-electron chi connectivity index (χ3n) is 2.11. The number of hydrogen-bond acceptors (Lipinski definition) is 2. The van der Waals surface area contributed by atoms with Crippen molar-refractivity contribution in [1.82, 2.24) is 4.98 Å². The molecule has 0 radical (unpaired) electrons. The Hall–Kier alpha value is -1.23. The van der Waals surface area contributed by atoms with Crippen LogP contribution in [0.2, 0.25) is 5.02 Å². The minimum atomic E-state index is -4.49. The fraction of sp³-hybridized carbons (Fsp3) is 0.300. The van der Waals surface area contributed by atoms with Gasteiger partial charge in [0, 0.05) is 11.4 Å². The maximum Gasteiger partial charge on any atom is 0.420 e. The standard InChI is InChI=1S/C10H7ClF3NO/c1-2-8-15-7-4-5(11)3-6(9(7)16-8)10(12,13)14/h3-4H,2H2,1H3. The number of aryl methyl sites for hydroxylation is 1. The molecule has 86 valence electrons. The van der Waals surface area contributed by atoms with Gasteiger partial charge in [0.05, 0.1) is 0 Å². The minimum absolute atomic E-state index is 0.00391. The maximum absolute atomic E-state index is 12.7. The molecule has 6 heteroatoms. The minimum Gasteiger partial charge on any atom is -0.440 e. The summed E-state index contributed by atoms with van der Waals surface area (Å²) in [7, 11) is 0. The van der Waals surface area contributed by atoms with Crippen LogP contribution in [0.4, 0.5) is 13.2 Å². The summed E-state index contributed by atoms with van der Waals surface area (Å²) in [5.74, 6) is 0.266. The van der Waals surface area contributed by atoms with E-state index in [2.05, 4.69) is 4.98 Å². The van der Waals surface area contributed by atoms with Gasteiger partial charge < -0.3 is 4.42 Å². The molecule has 0 N–H and O–H groups in total. The molecule has 1 aromatic heterocycles. The summed E-state index contributed by atoms with van der Waals surface area (Å²) in [6.45, 7) is 1.75. The van der Waals surface area contributed by atoms with Gasteiger partial charge in [-0.2, -0.15) is 13.2 Å². The Labute approximate surface area is 94.0 Å². The van der Waals surface area contributed by atoms with E-state index < -0.39 is 11.7 Å². The van der Waals surface area contributed by atoms with Crippen LogP contribution < -0.4 is 0 Å². The first-order valence-corrected chi connectivity index (χ1v) is 4.95. The van der Waals surface area contributed by atoms with Crippen LogP contribution in [0.3, 0.4) is 0 Å². The molecule has 0 bridgehead atoms. The number of halogens is 4. The molecule has 0 unspecified atom stereocenters. The predicted molar refractivity (Wildman–Crippen MR) is 53.4 cm³/mol. The Morgan fingerprint density at radius 2 is 2.06 bits per heavy atom. The molecule has 0 atom stereocenters. The van der Waals surface area contributed by atoms with Gasteiger partial charge in [0.2, 0.25) is 0 Å². The van der Waals surface area contributed by atoms with E-state index in [1.165, 1.54) is 6.07 Å². The summed E-state index contributed by atoms with van der Waals surface area (Å²) >= 11 is 5.60. The lowest BCUT2D eigenvalue weighted by atomic mass is 10.2. The molecule has 0 amide bonds. The number of oxazole rings is 1. The molecule has 0 fully saturated rings. The molecule has 0 spiro atoms. The van der Waals surface area contributed by atoms with Crippen molar-refractivity contribution >= 4 is 22.7 Å². The number of rotatable bonds is 1. The Bertz CT molecular complexity index is 533. The largest absolute Gasteiger partial charge is 0.440 e. The molecule has 0 aliphatic rings. The first-order chi connectivity index (χ1) is 7.41. The number of aromatic nitrogens is 1. The second kappa shape index (κ2) is 3.66. The van der Waals surface area contributed by atoms with Crippen molar-refractivity contribution in [3.8, 4) is 0 Å². The van der Waals surface area contributed by atoms with Crippen molar-refractivity contribution in [1.29, 1.82) is 0 Å². The summed E-state index contributed by atoms with van der Waals surface area (Å²) in [5, 5.41) is -0.00391. The van der Waals surface area contributed by atoms with E-state index in [9.17, 15) is 13.2 Å². The van der Waals surface area contributed by atoms with Crippen molar-refractivity contribution in [2.45, 2.75) is 19.5 Å². The van der Waals surface area contributed by atoms with Crippen LogP contribution >= 0.6 is 11.6 Å². The third-order valence-corrected chi connectivity index (χ3v) is 2.33. The Kier molecular flexibility index (Phi) is 2.58. The smallest absolute Gasteiger partial charge is 0.420 e. The SMILES string of the molecule is CCc1nc2cc(Cl)cc(C(F)(F)F)c2o1. The third kappa shape index (κ3) is 1.87. The lowest BCUT2D eigenvalue weighted by Gasteiger charge is -2.06. The van der Waals surface area contributed by atoms with Gasteiger partial charge in [-0.05, 0) is 12.1 Å². The van der Waals surface area contributed by atoms with Crippen LogP contribution in [-0.2, 0) is 12.6 Å². The quantitative estimate of drug-likeness (QED) is 0.762. The van der Waals surface area contributed by atoms with E-state index in [-0.39, 0.29) is 22.0 Å². The molecule has 1 heterocycles. The highest BCUT2D eigenvalue weighted by molar-refractivity contribution is 6.31. The van der Waals surface area contributed by atoms with Crippen LogP contribution in [0.25, 0.3) is 11.1 Å². The molecule has 0 aliphatic heterocycles. The van der Waals surface area contributed by atoms with Crippen molar-refractivity contribution in [2.24, 2.45) is 0 Å². The van der Waals surface area contributed by atoms with E-state index >= 15 is 0 Å². The van der Waals surface area contributed by atoms with Crippen LogP contribution in [0.15, 0.2) is 16.5 Å². The zero-order valence-electron chi connectivity index (χ0n) is 8.23. The van der Waals surface area contributed by atoms with Crippen molar-refractivity contribution in [2.75, 3.05) is 0 Å². The molecule has 0 saturated carbocycles. The molecule has 0 saturated heterocycles. The first-order valence-electron chi connectivity index (χ1n) is 4.58. The van der Waals surface area contributed by atoms with Gasteiger partial charge in [-0.25, -0.2) is 4.98 Å². The van der Waals surface area contributed by atoms with Gasteiger partial charge in [0.15, 0.2) is 11.5 Å². The Morgan fingerprint density at radius 3 is 2.62 bits per heavy atom. The highest BCUT2D eigenvalue weighted by Crippen LogP contribution is 2.37. The summed E-state index contributed by atoms with van der Waals surface area (Å²) < 4.78 is 43.0. The molecule has 1 aromatic carbocycles. The van der Waals surface area contributed by atoms with Gasteiger partial charge in [0.25, 0.3) is 0 Å². The average Bonchev–Trinajstić information content (AvgIpc) is 2.57.